The molecule has 1 aromatic heterocycles. The Labute approximate surface area is 159 Å². The zero-order valence-corrected chi connectivity index (χ0v) is 16.2. The van der Waals surface area contributed by atoms with Gasteiger partial charge in [0, 0.05) is 55.9 Å². The van der Waals surface area contributed by atoms with Crippen LogP contribution in [-0.2, 0) is 13.1 Å². The van der Waals surface area contributed by atoms with Crippen molar-refractivity contribution in [2.75, 3.05) is 46.1 Å². The number of methoxy groups -OCH3 is 2. The van der Waals surface area contributed by atoms with E-state index in [0.717, 1.165) is 50.8 Å². The molecule has 0 spiro atoms. The van der Waals surface area contributed by atoms with E-state index >= 15 is 0 Å². The third kappa shape index (κ3) is 5.22. The second-order valence-electron chi connectivity index (χ2n) is 5.89. The molecule has 1 aromatic carbocycles. The zero-order chi connectivity index (χ0) is 16.9. The fraction of sp³-hybridized carbons (Fsp3) is 0.471. The van der Waals surface area contributed by atoms with E-state index in [4.69, 9.17) is 15.2 Å². The van der Waals surface area contributed by atoms with Gasteiger partial charge in [0.15, 0.2) is 5.13 Å². The molecule has 1 saturated heterocycles. The van der Waals surface area contributed by atoms with Crippen molar-refractivity contribution < 1.29 is 9.47 Å². The molecule has 1 aliphatic heterocycles. The highest BCUT2D eigenvalue weighted by Gasteiger charge is 2.19. The van der Waals surface area contributed by atoms with Gasteiger partial charge in [-0.2, -0.15) is 0 Å². The Morgan fingerprint density at radius 1 is 1.08 bits per heavy atom. The quantitative estimate of drug-likeness (QED) is 0.825. The Morgan fingerprint density at radius 2 is 1.76 bits per heavy atom. The monoisotopic (exact) mass is 384 g/mol. The largest absolute Gasteiger partial charge is 0.497 e. The predicted molar refractivity (Wildman–Crippen MR) is 104 cm³/mol. The minimum Gasteiger partial charge on any atom is -0.497 e. The summed E-state index contributed by atoms with van der Waals surface area (Å²) in [6.45, 7) is 5.98. The van der Waals surface area contributed by atoms with Gasteiger partial charge >= 0.3 is 0 Å². The fourth-order valence-electron chi connectivity index (χ4n) is 2.97. The molecule has 3 rings (SSSR count). The molecule has 0 aliphatic carbocycles. The van der Waals surface area contributed by atoms with Gasteiger partial charge in [0.2, 0.25) is 0 Å². The number of nitrogen functional groups attached to an aromatic ring is 1. The van der Waals surface area contributed by atoms with Gasteiger partial charge in [0.1, 0.15) is 11.5 Å². The van der Waals surface area contributed by atoms with E-state index in [1.54, 1.807) is 25.6 Å². The number of halogens is 1. The molecule has 25 heavy (non-hydrogen) atoms. The molecular weight excluding hydrogens is 360 g/mol. The van der Waals surface area contributed by atoms with Gasteiger partial charge in [-0.3, -0.25) is 9.80 Å². The average Bonchev–Trinajstić information content (AvgIpc) is 3.01. The van der Waals surface area contributed by atoms with E-state index < -0.39 is 0 Å². The molecule has 2 aromatic rings. The van der Waals surface area contributed by atoms with Crippen molar-refractivity contribution in [3.63, 3.8) is 0 Å². The zero-order valence-electron chi connectivity index (χ0n) is 14.6. The third-order valence-electron chi connectivity index (χ3n) is 4.30. The second-order valence-corrected chi connectivity index (χ2v) is 7.04. The predicted octanol–water partition coefficient (Wildman–Crippen LogP) is 2.48. The van der Waals surface area contributed by atoms with E-state index in [1.165, 1.54) is 10.4 Å². The maximum Gasteiger partial charge on any atom is 0.180 e. The number of rotatable bonds is 6. The minimum absolute atomic E-state index is 0. The van der Waals surface area contributed by atoms with Crippen LogP contribution in [0.1, 0.15) is 10.4 Å². The van der Waals surface area contributed by atoms with Crippen molar-refractivity contribution in [3.05, 3.63) is 34.8 Å². The topological polar surface area (TPSA) is 63.9 Å². The molecule has 1 aliphatic rings. The summed E-state index contributed by atoms with van der Waals surface area (Å²) >= 11 is 1.57. The molecule has 2 N–H and O–H groups in total. The summed E-state index contributed by atoms with van der Waals surface area (Å²) in [5.74, 6) is 1.78. The van der Waals surface area contributed by atoms with Gasteiger partial charge in [-0.05, 0) is 18.2 Å². The number of hydrogen-bond acceptors (Lipinski definition) is 7. The van der Waals surface area contributed by atoms with Crippen LogP contribution in [0.2, 0.25) is 0 Å². The number of anilines is 1. The lowest BCUT2D eigenvalue weighted by atomic mass is 10.1. The van der Waals surface area contributed by atoms with Crippen LogP contribution in [0.4, 0.5) is 5.13 Å². The van der Waals surface area contributed by atoms with Gasteiger partial charge in [0.25, 0.3) is 0 Å². The third-order valence-corrected chi connectivity index (χ3v) is 5.11. The first kappa shape index (κ1) is 19.8. The summed E-state index contributed by atoms with van der Waals surface area (Å²) in [7, 11) is 3.40. The lowest BCUT2D eigenvalue weighted by molar-refractivity contribution is 0.122. The normalized spacial score (nSPS) is 15.6. The molecule has 1 fully saturated rings. The first-order valence-electron chi connectivity index (χ1n) is 8.03. The van der Waals surface area contributed by atoms with Gasteiger partial charge in [0.05, 0.1) is 14.2 Å². The van der Waals surface area contributed by atoms with Crippen molar-refractivity contribution in [1.29, 1.82) is 0 Å². The summed E-state index contributed by atoms with van der Waals surface area (Å²) in [5.41, 5.74) is 6.87. The maximum atomic E-state index is 5.70. The van der Waals surface area contributed by atoms with E-state index in [2.05, 4.69) is 20.9 Å². The van der Waals surface area contributed by atoms with Crippen molar-refractivity contribution in [3.8, 4) is 11.5 Å². The van der Waals surface area contributed by atoms with Crippen LogP contribution >= 0.6 is 23.7 Å². The van der Waals surface area contributed by atoms with Crippen LogP contribution in [0.15, 0.2) is 24.4 Å². The number of hydrogen-bond donors (Lipinski definition) is 1. The van der Waals surface area contributed by atoms with E-state index in [-0.39, 0.29) is 12.4 Å². The molecule has 0 amide bonds. The molecule has 0 unspecified atom stereocenters. The van der Waals surface area contributed by atoms with Crippen molar-refractivity contribution in [2.24, 2.45) is 0 Å². The van der Waals surface area contributed by atoms with Crippen molar-refractivity contribution >= 4 is 28.9 Å². The lowest BCUT2D eigenvalue weighted by Gasteiger charge is -2.34. The van der Waals surface area contributed by atoms with Gasteiger partial charge in [-0.1, -0.05) is 0 Å². The standard InChI is InChI=1S/C17H24N4O2S.ClH/c1-22-14-3-4-16(23-2)13(9-14)11-20-5-7-21(8-6-20)12-15-10-19-17(18)24-15;/h3-4,9-10H,5-8,11-12H2,1-2H3,(H2,18,19);1H. The van der Waals surface area contributed by atoms with Crippen LogP contribution in [0.5, 0.6) is 11.5 Å². The van der Waals surface area contributed by atoms with Crippen LogP contribution in [0.25, 0.3) is 0 Å². The molecule has 0 bridgehead atoms. The second kappa shape index (κ2) is 9.24. The Morgan fingerprint density at radius 3 is 2.32 bits per heavy atom. The summed E-state index contributed by atoms with van der Waals surface area (Å²) in [4.78, 5) is 10.3. The first-order chi connectivity index (χ1) is 11.7. The maximum absolute atomic E-state index is 5.70. The average molecular weight is 385 g/mol. The van der Waals surface area contributed by atoms with Crippen LogP contribution in [0, 0.1) is 0 Å². The molecule has 8 heteroatoms. The van der Waals surface area contributed by atoms with Gasteiger partial charge < -0.3 is 15.2 Å². The van der Waals surface area contributed by atoms with Crippen LogP contribution < -0.4 is 15.2 Å². The Hall–Kier alpha value is -1.54. The fourth-order valence-corrected chi connectivity index (χ4v) is 3.69. The van der Waals surface area contributed by atoms with Gasteiger partial charge in [-0.25, -0.2) is 4.98 Å². The number of piperazine rings is 1. The summed E-state index contributed by atoms with van der Waals surface area (Å²) < 4.78 is 10.8. The van der Waals surface area contributed by atoms with Crippen molar-refractivity contribution in [2.45, 2.75) is 13.1 Å². The van der Waals surface area contributed by atoms with E-state index in [9.17, 15) is 0 Å². The van der Waals surface area contributed by atoms with Gasteiger partial charge in [-0.15, -0.1) is 23.7 Å². The smallest absolute Gasteiger partial charge is 0.180 e. The van der Waals surface area contributed by atoms with E-state index in [1.807, 2.05) is 18.3 Å². The summed E-state index contributed by atoms with van der Waals surface area (Å²) in [6.07, 6.45) is 1.88. The summed E-state index contributed by atoms with van der Waals surface area (Å²) in [6, 6.07) is 5.96. The number of ether oxygens (including phenoxy) is 2. The lowest BCUT2D eigenvalue weighted by Crippen LogP contribution is -2.45. The number of aromatic nitrogens is 1. The molecule has 0 radical (unpaired) electrons. The summed E-state index contributed by atoms with van der Waals surface area (Å²) in [5, 5.41) is 0.647. The number of benzene rings is 1. The molecule has 138 valence electrons. The Kier molecular flexibility index (Phi) is 7.31. The number of nitrogens with zero attached hydrogens (tertiary/aromatic N) is 3. The Balaban J connectivity index is 0.00000225. The molecule has 6 nitrogen and oxygen atoms in total. The first-order valence-corrected chi connectivity index (χ1v) is 8.85. The SMILES string of the molecule is COc1ccc(OC)c(CN2CCN(Cc3cnc(N)s3)CC2)c1.Cl. The highest BCUT2D eigenvalue weighted by atomic mass is 35.5. The molecular formula is C17H25ClN4O2S. The molecule has 2 heterocycles. The van der Waals surface area contributed by atoms with Crippen molar-refractivity contribution in [1.82, 2.24) is 14.8 Å². The molecule has 0 atom stereocenters. The molecule has 0 saturated carbocycles. The van der Waals surface area contributed by atoms with E-state index in [0.29, 0.717) is 5.13 Å². The number of nitrogens with two attached hydrogens (primary N) is 1. The number of thiazole rings is 1. The van der Waals surface area contributed by atoms with Crippen LogP contribution in [0.3, 0.4) is 0 Å². The highest BCUT2D eigenvalue weighted by Crippen LogP contribution is 2.26. The van der Waals surface area contributed by atoms with Crippen LogP contribution in [-0.4, -0.2) is 55.2 Å². The minimum atomic E-state index is 0. The Bertz CT molecular complexity index is 674. The highest BCUT2D eigenvalue weighted by molar-refractivity contribution is 7.15.